The van der Waals surface area contributed by atoms with E-state index in [-0.39, 0.29) is 35.9 Å². The maximum Gasteiger partial charge on any atom is 0.245 e. The van der Waals surface area contributed by atoms with Crippen molar-refractivity contribution < 1.29 is 9.59 Å². The topological polar surface area (TPSA) is 64.7 Å². The molecule has 1 aromatic carbocycles. The zero-order chi connectivity index (χ0) is 23.9. The summed E-state index contributed by atoms with van der Waals surface area (Å²) in [7, 11) is 1.82. The number of nitrogens with one attached hydrogen (secondary N) is 2. The van der Waals surface area contributed by atoms with Gasteiger partial charge in [-0.2, -0.15) is 0 Å². The van der Waals surface area contributed by atoms with Gasteiger partial charge in [0.1, 0.15) is 6.04 Å². The van der Waals surface area contributed by atoms with E-state index in [1.54, 1.807) is 0 Å². The van der Waals surface area contributed by atoms with Gasteiger partial charge in [-0.3, -0.25) is 9.59 Å². The third-order valence-electron chi connectivity index (χ3n) is 8.55. The number of piperidine rings is 1. The van der Waals surface area contributed by atoms with Crippen molar-refractivity contribution in [1.29, 1.82) is 0 Å². The lowest BCUT2D eigenvalue weighted by Gasteiger charge is -2.41. The Morgan fingerprint density at radius 3 is 2.47 bits per heavy atom. The number of likely N-dealkylation sites (N-methyl/N-ethyl adjacent to an activating group) is 1. The number of likely N-dealkylation sites (tertiary alicyclic amines) is 2. The Hall–Kier alpha value is -1.92. The molecule has 1 aliphatic carbocycles. The van der Waals surface area contributed by atoms with Crippen LogP contribution in [0.3, 0.4) is 0 Å². The van der Waals surface area contributed by atoms with Gasteiger partial charge in [0.25, 0.3) is 0 Å². The van der Waals surface area contributed by atoms with Crippen LogP contribution >= 0.6 is 0 Å². The molecule has 188 valence electrons. The minimum Gasteiger partial charge on any atom is -0.343 e. The molecule has 1 saturated carbocycles. The number of fused-ring (bicyclic) bond motifs is 1. The van der Waals surface area contributed by atoms with Crippen LogP contribution in [0.15, 0.2) is 30.3 Å². The predicted molar refractivity (Wildman–Crippen MR) is 136 cm³/mol. The highest BCUT2D eigenvalue weighted by Crippen LogP contribution is 2.34. The molecule has 0 spiro atoms. The van der Waals surface area contributed by atoms with Crippen LogP contribution in [0, 0.1) is 11.8 Å². The van der Waals surface area contributed by atoms with Gasteiger partial charge in [0, 0.05) is 25.7 Å². The molecule has 2 N–H and O–H groups in total. The van der Waals surface area contributed by atoms with Crippen LogP contribution in [-0.4, -0.2) is 73.0 Å². The van der Waals surface area contributed by atoms with E-state index in [4.69, 9.17) is 0 Å². The van der Waals surface area contributed by atoms with Crippen molar-refractivity contribution in [2.24, 2.45) is 11.8 Å². The third-order valence-corrected chi connectivity index (χ3v) is 8.55. The van der Waals surface area contributed by atoms with Crippen LogP contribution in [-0.2, 0) is 16.0 Å². The number of carbonyl (C=O) groups excluding carboxylic acids is 2. The number of rotatable bonds is 9. The van der Waals surface area contributed by atoms with Gasteiger partial charge in [0.2, 0.25) is 11.8 Å². The van der Waals surface area contributed by atoms with E-state index in [0.717, 1.165) is 71.1 Å². The number of hydrogen-bond donors (Lipinski definition) is 2. The quantitative estimate of drug-likeness (QED) is 0.584. The van der Waals surface area contributed by atoms with Crippen LogP contribution < -0.4 is 10.6 Å². The largest absolute Gasteiger partial charge is 0.343 e. The minimum atomic E-state index is -0.381. The van der Waals surface area contributed by atoms with Crippen molar-refractivity contribution in [3.63, 3.8) is 0 Å². The number of carbonyl (C=O) groups is 2. The van der Waals surface area contributed by atoms with Gasteiger partial charge in [-0.05, 0) is 69.5 Å². The second kappa shape index (κ2) is 12.2. The lowest BCUT2D eigenvalue weighted by molar-refractivity contribution is -0.140. The minimum absolute atomic E-state index is 0.0298. The molecule has 0 bridgehead atoms. The Labute approximate surface area is 205 Å². The highest BCUT2D eigenvalue weighted by Gasteiger charge is 2.44. The summed E-state index contributed by atoms with van der Waals surface area (Å²) < 4.78 is 0. The van der Waals surface area contributed by atoms with Gasteiger partial charge < -0.3 is 20.4 Å². The number of hydrogen-bond acceptors (Lipinski definition) is 4. The average molecular weight is 469 g/mol. The van der Waals surface area contributed by atoms with E-state index in [1.807, 2.05) is 14.0 Å². The Bertz CT molecular complexity index is 791. The Morgan fingerprint density at radius 2 is 1.76 bits per heavy atom. The number of amides is 2. The van der Waals surface area contributed by atoms with E-state index in [9.17, 15) is 9.59 Å². The fourth-order valence-electron chi connectivity index (χ4n) is 6.42. The van der Waals surface area contributed by atoms with Crippen molar-refractivity contribution in [1.82, 2.24) is 20.4 Å². The van der Waals surface area contributed by atoms with Gasteiger partial charge in [-0.1, -0.05) is 56.5 Å². The summed E-state index contributed by atoms with van der Waals surface area (Å²) in [4.78, 5) is 31.7. The first-order valence-electron chi connectivity index (χ1n) is 13.6. The first-order chi connectivity index (χ1) is 16.6. The van der Waals surface area contributed by atoms with E-state index in [0.29, 0.717) is 5.92 Å². The summed E-state index contributed by atoms with van der Waals surface area (Å²) in [5.74, 6) is 0.998. The molecule has 3 aliphatic rings. The van der Waals surface area contributed by atoms with E-state index in [1.165, 1.54) is 18.4 Å². The van der Waals surface area contributed by atoms with Crippen LogP contribution in [0.4, 0.5) is 0 Å². The summed E-state index contributed by atoms with van der Waals surface area (Å²) in [6.07, 6.45) is 9.68. The second-order valence-corrected chi connectivity index (χ2v) is 10.6. The van der Waals surface area contributed by atoms with Gasteiger partial charge in [-0.15, -0.1) is 0 Å². The molecule has 4 atom stereocenters. The van der Waals surface area contributed by atoms with Crippen LogP contribution in [0.2, 0.25) is 0 Å². The molecule has 1 aromatic rings. The highest BCUT2D eigenvalue weighted by atomic mass is 16.2. The molecule has 34 heavy (non-hydrogen) atoms. The Morgan fingerprint density at radius 1 is 1.03 bits per heavy atom. The third kappa shape index (κ3) is 6.01. The molecular formula is C28H44N4O2. The smallest absolute Gasteiger partial charge is 0.245 e. The summed E-state index contributed by atoms with van der Waals surface area (Å²) in [6.45, 7) is 5.97. The fourth-order valence-corrected chi connectivity index (χ4v) is 6.42. The maximum absolute atomic E-state index is 14.0. The molecule has 0 radical (unpaired) electrons. The summed E-state index contributed by atoms with van der Waals surface area (Å²) in [5.41, 5.74) is 1.37. The maximum atomic E-state index is 14.0. The lowest BCUT2D eigenvalue weighted by atomic mass is 9.83. The molecule has 6 nitrogen and oxygen atoms in total. The summed E-state index contributed by atoms with van der Waals surface area (Å²) in [5, 5.41) is 6.32. The zero-order valence-corrected chi connectivity index (χ0v) is 21.2. The van der Waals surface area contributed by atoms with E-state index in [2.05, 4.69) is 50.8 Å². The first-order valence-corrected chi connectivity index (χ1v) is 13.6. The van der Waals surface area contributed by atoms with Crippen LogP contribution in [0.1, 0.15) is 63.9 Å². The fraction of sp³-hybridized carbons (Fsp3) is 0.714. The normalized spacial score (nSPS) is 25.5. The van der Waals surface area contributed by atoms with E-state index < -0.39 is 0 Å². The summed E-state index contributed by atoms with van der Waals surface area (Å²) >= 11 is 0. The Balaban J connectivity index is 1.43. The van der Waals surface area contributed by atoms with E-state index >= 15 is 0 Å². The average Bonchev–Trinajstić information content (AvgIpc) is 3.31. The van der Waals surface area contributed by atoms with Gasteiger partial charge in [-0.25, -0.2) is 0 Å². The lowest BCUT2D eigenvalue weighted by Crippen LogP contribution is -2.59. The standard InChI is InChI=1S/C28H44N4O2/c1-3-24(29-2)27(33)30-26(23-12-8-5-9-13-23)28(34)32-19-16-22-15-18-31(20-25(22)32)17-14-21-10-6-4-7-11-21/h4,6-7,10-11,22-26,29H,3,5,8-9,12-20H2,1-2H3,(H,30,33)/t22-,24-,25-,26-/m0/s1. The molecule has 2 amide bonds. The second-order valence-electron chi connectivity index (χ2n) is 10.6. The van der Waals surface area contributed by atoms with Gasteiger partial charge >= 0.3 is 0 Å². The van der Waals surface area contributed by atoms with Crippen LogP contribution in [0.5, 0.6) is 0 Å². The first kappa shape index (κ1) is 25.2. The number of benzene rings is 1. The van der Waals surface area contributed by atoms with Crippen molar-refractivity contribution in [3.8, 4) is 0 Å². The predicted octanol–water partition coefficient (Wildman–Crippen LogP) is 3.22. The molecule has 6 heteroatoms. The van der Waals surface area contributed by atoms with Crippen molar-refractivity contribution >= 4 is 11.8 Å². The molecule has 3 fully saturated rings. The summed E-state index contributed by atoms with van der Waals surface area (Å²) in [6, 6.07) is 10.3. The van der Waals surface area contributed by atoms with Gasteiger partial charge in [0.15, 0.2) is 0 Å². The van der Waals surface area contributed by atoms with Crippen molar-refractivity contribution in [3.05, 3.63) is 35.9 Å². The monoisotopic (exact) mass is 468 g/mol. The van der Waals surface area contributed by atoms with Crippen molar-refractivity contribution in [2.75, 3.05) is 33.2 Å². The molecule has 2 aliphatic heterocycles. The molecule has 2 heterocycles. The molecule has 0 unspecified atom stereocenters. The molecule has 2 saturated heterocycles. The highest BCUT2D eigenvalue weighted by molar-refractivity contribution is 5.90. The Kier molecular flexibility index (Phi) is 9.01. The molecule has 4 rings (SSSR count). The SMILES string of the molecule is CC[C@H](NC)C(=O)N[C@H](C(=O)N1CC[C@@H]2CCN(CCc3ccccc3)C[C@@H]21)C1CCCCC1. The van der Waals surface area contributed by atoms with Crippen molar-refractivity contribution in [2.45, 2.75) is 82.8 Å². The molecular weight excluding hydrogens is 424 g/mol. The zero-order valence-electron chi connectivity index (χ0n) is 21.2. The van der Waals surface area contributed by atoms with Crippen LogP contribution in [0.25, 0.3) is 0 Å². The molecule has 0 aromatic heterocycles. The number of nitrogens with zero attached hydrogens (tertiary/aromatic N) is 2. The van der Waals surface area contributed by atoms with Gasteiger partial charge in [0.05, 0.1) is 6.04 Å².